The van der Waals surface area contributed by atoms with Crippen LogP contribution in [0.4, 0.5) is 11.5 Å². The van der Waals surface area contributed by atoms with E-state index < -0.39 is 18.1 Å². The third-order valence-electron chi connectivity index (χ3n) is 11.5. The molecule has 1 aliphatic heterocycles. The molecule has 6 nitrogen and oxygen atoms in total. The molecule has 0 saturated carbocycles. The Morgan fingerprint density at radius 2 is 1.27 bits per heavy atom. The molecule has 8 aromatic carbocycles. The number of ether oxygens (including phenoxy) is 1. The van der Waals surface area contributed by atoms with Gasteiger partial charge in [0.15, 0.2) is 0 Å². The molecule has 1 aliphatic rings. The van der Waals surface area contributed by atoms with Crippen LogP contribution in [0.1, 0.15) is 6.85 Å². The predicted molar refractivity (Wildman–Crippen MR) is 248 cm³/mol. The van der Waals surface area contributed by atoms with Crippen molar-refractivity contribution in [3.05, 3.63) is 222 Å². The minimum atomic E-state index is -0.439. The van der Waals surface area contributed by atoms with E-state index in [0.717, 1.165) is 53.5 Å². The summed E-state index contributed by atoms with van der Waals surface area (Å²) >= 11 is 2.31. The molecule has 0 saturated heterocycles. The van der Waals surface area contributed by atoms with Crippen molar-refractivity contribution >= 4 is 56.8 Å². The number of anilines is 2. The van der Waals surface area contributed by atoms with Crippen molar-refractivity contribution in [1.82, 2.24) is 18.6 Å². The molecule has 0 radical (unpaired) electrons. The van der Waals surface area contributed by atoms with Gasteiger partial charge >= 0.3 is 295 Å². The molecule has 0 fully saturated rings. The first-order valence-corrected chi connectivity index (χ1v) is 21.3. The Kier molecular flexibility index (Phi) is 7.56. The second-order valence-corrected chi connectivity index (χ2v) is 16.0. The van der Waals surface area contributed by atoms with Crippen molar-refractivity contribution in [2.75, 3.05) is 4.81 Å². The van der Waals surface area contributed by atoms with E-state index in [0.29, 0.717) is 34.4 Å². The van der Waals surface area contributed by atoms with Gasteiger partial charge in [-0.3, -0.25) is 0 Å². The summed E-state index contributed by atoms with van der Waals surface area (Å²) in [4.78, 5) is 7.38. The molecule has 0 atom stereocenters. The number of fused-ring (bicyclic) bond motifs is 4. The van der Waals surface area contributed by atoms with Crippen LogP contribution < -0.4 is 15.0 Å². The van der Waals surface area contributed by atoms with Gasteiger partial charge < -0.3 is 0 Å². The van der Waals surface area contributed by atoms with Gasteiger partial charge in [0.05, 0.1) is 0 Å². The third kappa shape index (κ3) is 5.84. The second-order valence-electron chi connectivity index (χ2n) is 14.9. The summed E-state index contributed by atoms with van der Waals surface area (Å²) < 4.78 is 57.6. The average molecular weight is 980 g/mol. The van der Waals surface area contributed by atoms with Crippen LogP contribution in [0.15, 0.2) is 206 Å². The van der Waals surface area contributed by atoms with E-state index >= 15 is 0 Å². The molecule has 0 bridgehead atoms. The van der Waals surface area contributed by atoms with E-state index in [1.165, 1.54) is 5.39 Å². The Morgan fingerprint density at radius 3 is 2.08 bits per heavy atom. The summed E-state index contributed by atoms with van der Waals surface area (Å²) in [7, 11) is 0. The molecule has 12 rings (SSSR count). The standard InChI is InChI=1S/C54H34BN5O.Pt/c1-4-18-38(19-5-1)43-27-15-28-44(39-20-6-2-7-21-39)53(43)58-37-57(48-31-12-13-32-49(48)58)41-24-14-25-42(36-41)61-52-35-17-34-51(56-52)59-50-33-16-29-46-45-26-10-11-30-47(45)60(54(46)50)55(59)40-22-8-3-9-23-40;/h1-32,34-35H;/q-2;/i1D,4D,5D,18D,19D;. The van der Waals surface area contributed by atoms with E-state index in [2.05, 4.69) is 105 Å². The van der Waals surface area contributed by atoms with Crippen LogP contribution in [0.3, 0.4) is 0 Å². The molecule has 8 heteroatoms. The number of para-hydroxylation sites is 4. The fourth-order valence-corrected chi connectivity index (χ4v) is 9.99. The van der Waals surface area contributed by atoms with E-state index in [-0.39, 0.29) is 24.6 Å². The maximum atomic E-state index is 9.05. The summed E-state index contributed by atoms with van der Waals surface area (Å²) in [6.07, 6.45) is 0. The minimum absolute atomic E-state index is 0.122. The Balaban J connectivity index is 0.981. The molecule has 4 heterocycles. The number of aromatic nitrogens is 4. The van der Waals surface area contributed by atoms with Crippen molar-refractivity contribution in [2.24, 2.45) is 0 Å². The number of pyridine rings is 1. The molecule has 0 amide bonds. The topological polar surface area (TPSA) is 40.1 Å². The van der Waals surface area contributed by atoms with Gasteiger partial charge in [-0.2, -0.15) is 12.1 Å². The summed E-state index contributed by atoms with van der Waals surface area (Å²) in [5.41, 5.74) is 9.70. The number of hydrogen-bond acceptors (Lipinski definition) is 3. The van der Waals surface area contributed by atoms with Crippen molar-refractivity contribution < 1.29 is 30.9 Å². The molecule has 0 spiro atoms. The van der Waals surface area contributed by atoms with Gasteiger partial charge in [0.25, 0.3) is 0 Å². The van der Waals surface area contributed by atoms with Crippen molar-refractivity contribution in [3.8, 4) is 45.3 Å². The Bertz CT molecular complexity index is 3830. The normalized spacial score (nSPS) is 13.4. The SMILES string of the molecule is [2H]c1c([2H])c([2H])c(-c2cccc(-c3ccccc3)c2-n2[c](=[Pt])n(-c3[c-]c(Oc4cccc(N5B(c6ccccc6)n6c7ccccc7c7cc[c-]c5c76)n4)ccc3)c3ccccc32)c([2H])c1[2H]. The molecule has 0 unspecified atom stereocenters. The second kappa shape index (κ2) is 14.9. The van der Waals surface area contributed by atoms with E-state index in [1.54, 1.807) is 0 Å². The van der Waals surface area contributed by atoms with Crippen molar-refractivity contribution in [2.45, 2.75) is 0 Å². The quantitative estimate of drug-likeness (QED) is 0.113. The number of benzene rings is 8. The third-order valence-corrected chi connectivity index (χ3v) is 12.5. The zero-order valence-corrected chi connectivity index (χ0v) is 35.1. The monoisotopic (exact) mass is 979 g/mol. The van der Waals surface area contributed by atoms with Crippen LogP contribution in [-0.4, -0.2) is 25.6 Å². The van der Waals surface area contributed by atoms with E-state index in [4.69, 9.17) is 16.6 Å². The molecule has 3 aromatic heterocycles. The van der Waals surface area contributed by atoms with Crippen LogP contribution in [-0.2, 0) is 19.4 Å². The summed E-state index contributed by atoms with van der Waals surface area (Å²) in [6.45, 7) is -0.223. The van der Waals surface area contributed by atoms with E-state index in [1.807, 2.05) is 121 Å². The van der Waals surface area contributed by atoms with Crippen LogP contribution in [0.5, 0.6) is 11.6 Å². The molecule has 62 heavy (non-hydrogen) atoms. The fourth-order valence-electron chi connectivity index (χ4n) is 8.92. The van der Waals surface area contributed by atoms with Gasteiger partial charge in [-0.25, -0.2) is 0 Å². The first-order chi connectivity index (χ1) is 32.8. The van der Waals surface area contributed by atoms with Gasteiger partial charge in [0, 0.05) is 5.52 Å². The predicted octanol–water partition coefficient (Wildman–Crippen LogP) is 12.1. The first-order valence-electron chi connectivity index (χ1n) is 22.7. The molecular weight excluding hydrogens is 941 g/mol. The molecule has 0 aliphatic carbocycles. The van der Waals surface area contributed by atoms with Crippen LogP contribution in [0, 0.1) is 15.9 Å². The van der Waals surface area contributed by atoms with Crippen molar-refractivity contribution in [1.29, 1.82) is 0 Å². The van der Waals surface area contributed by atoms with Crippen molar-refractivity contribution in [3.63, 3.8) is 0 Å². The number of hydrogen-bond donors (Lipinski definition) is 0. The zero-order chi connectivity index (χ0) is 45.5. The molecular formula is C54H34BN5OPt-2. The fraction of sp³-hybridized carbons (Fsp3) is 0. The van der Waals surface area contributed by atoms with E-state index in [9.17, 15) is 0 Å². The Hall–Kier alpha value is -7.47. The molecule has 0 N–H and O–H groups in total. The van der Waals surface area contributed by atoms with Gasteiger partial charge in [0.1, 0.15) is 0 Å². The number of nitrogens with zero attached hydrogens (tertiary/aromatic N) is 5. The average Bonchev–Trinajstić information content (AvgIpc) is 4.00. The number of imidazole rings is 1. The van der Waals surface area contributed by atoms with Gasteiger partial charge in [-0.15, -0.1) is 5.39 Å². The van der Waals surface area contributed by atoms with Crippen LogP contribution in [0.2, 0.25) is 0 Å². The summed E-state index contributed by atoms with van der Waals surface area (Å²) in [6, 6.07) is 63.6. The van der Waals surface area contributed by atoms with Gasteiger partial charge in [-0.1, -0.05) is 48.5 Å². The summed E-state index contributed by atoms with van der Waals surface area (Å²) in [5.74, 6) is 1.56. The Labute approximate surface area is 376 Å². The zero-order valence-electron chi connectivity index (χ0n) is 37.8. The molecule has 11 aromatic rings. The summed E-state index contributed by atoms with van der Waals surface area (Å²) in [5, 5.41) is 2.35. The Morgan fingerprint density at radius 1 is 0.597 bits per heavy atom. The first kappa shape index (κ1) is 31.4. The molecule has 296 valence electrons. The maximum absolute atomic E-state index is 9.05. The van der Waals surface area contributed by atoms with Gasteiger partial charge in [-0.05, 0) is 11.5 Å². The van der Waals surface area contributed by atoms with Crippen LogP contribution in [0.25, 0.3) is 66.5 Å². The number of rotatable bonds is 8. The van der Waals surface area contributed by atoms with Gasteiger partial charge in [0.2, 0.25) is 0 Å². The van der Waals surface area contributed by atoms with Crippen LogP contribution >= 0.6 is 0 Å².